The standard InChI is InChI=1S/C14H23N6O7P/c1-25-11-9(21)10(7(3-2-4-15)27-28(22,23)24)26-14(11)20-6-19-8-12(16)17-5-18-13(8)20/h5-7,9-11,14,21H,2-4,15H2,1H3,(H2,16,17,18)(H2,22,23,24)/t7-,9+,10+,11+,14+/m0/s1. The first-order chi connectivity index (χ1) is 13.3. The van der Waals surface area contributed by atoms with Crippen LogP contribution in [-0.4, -0.2) is 72.5 Å². The van der Waals surface area contributed by atoms with Gasteiger partial charge in [0.1, 0.15) is 30.2 Å². The van der Waals surface area contributed by atoms with Gasteiger partial charge in [0, 0.05) is 7.11 Å². The van der Waals surface area contributed by atoms with Gasteiger partial charge in [-0.15, -0.1) is 0 Å². The molecule has 14 heteroatoms. The van der Waals surface area contributed by atoms with Crippen LogP contribution in [0.3, 0.4) is 0 Å². The fourth-order valence-corrected chi connectivity index (χ4v) is 3.87. The lowest BCUT2D eigenvalue weighted by Crippen LogP contribution is -2.40. The number of anilines is 1. The van der Waals surface area contributed by atoms with E-state index in [1.165, 1.54) is 24.3 Å². The molecule has 0 aromatic carbocycles. The third-order valence-corrected chi connectivity index (χ3v) is 5.06. The van der Waals surface area contributed by atoms with Crippen LogP contribution in [0.25, 0.3) is 11.2 Å². The summed E-state index contributed by atoms with van der Waals surface area (Å²) in [5, 5.41) is 10.7. The maximum Gasteiger partial charge on any atom is 0.469 e. The number of hydrogen-bond donors (Lipinski definition) is 5. The van der Waals surface area contributed by atoms with Crippen LogP contribution < -0.4 is 11.5 Å². The molecule has 0 spiro atoms. The predicted octanol–water partition coefficient (Wildman–Crippen LogP) is -1.10. The van der Waals surface area contributed by atoms with Crippen LogP contribution >= 0.6 is 7.82 Å². The highest BCUT2D eigenvalue weighted by molar-refractivity contribution is 7.46. The summed E-state index contributed by atoms with van der Waals surface area (Å²) in [7, 11) is -3.44. The minimum atomic E-state index is -4.82. The number of ether oxygens (including phenoxy) is 2. The number of nitrogens with two attached hydrogens (primary N) is 2. The van der Waals surface area contributed by atoms with Crippen LogP contribution in [0.15, 0.2) is 12.7 Å². The lowest BCUT2D eigenvalue weighted by molar-refractivity contribution is -0.0845. The van der Waals surface area contributed by atoms with Gasteiger partial charge in [0.2, 0.25) is 0 Å². The average Bonchev–Trinajstić information content (AvgIpc) is 3.19. The molecule has 0 bridgehead atoms. The quantitative estimate of drug-likeness (QED) is 0.324. The third-order valence-electron chi connectivity index (χ3n) is 4.52. The van der Waals surface area contributed by atoms with E-state index in [-0.39, 0.29) is 18.8 Å². The number of aromatic nitrogens is 4. The summed E-state index contributed by atoms with van der Waals surface area (Å²) in [4.78, 5) is 30.6. The van der Waals surface area contributed by atoms with Gasteiger partial charge >= 0.3 is 7.82 Å². The van der Waals surface area contributed by atoms with Crippen molar-refractivity contribution >= 4 is 24.8 Å². The van der Waals surface area contributed by atoms with Gasteiger partial charge in [-0.1, -0.05) is 0 Å². The SMILES string of the molecule is CO[C@@H]1[C@H](O)[C@@H]([C@H](CCCN)OP(=O)(O)O)O[C@H]1n1cnc2c(N)ncnc21. The average molecular weight is 418 g/mol. The third kappa shape index (κ3) is 4.16. The molecule has 1 fully saturated rings. The lowest BCUT2D eigenvalue weighted by atomic mass is 10.0. The Bertz CT molecular complexity index is 860. The maximum atomic E-state index is 11.4. The first-order valence-corrected chi connectivity index (χ1v) is 10.0. The van der Waals surface area contributed by atoms with Crippen LogP contribution in [0, 0.1) is 0 Å². The number of methoxy groups -OCH3 is 1. The number of phosphoric acid groups is 1. The second kappa shape index (κ2) is 8.35. The number of rotatable bonds is 8. The molecule has 28 heavy (non-hydrogen) atoms. The molecule has 1 aliphatic rings. The number of nitrogen functional groups attached to an aromatic ring is 1. The molecular weight excluding hydrogens is 395 g/mol. The molecule has 0 aliphatic carbocycles. The Kier molecular flexibility index (Phi) is 6.27. The van der Waals surface area contributed by atoms with E-state index < -0.39 is 38.5 Å². The zero-order valence-corrected chi connectivity index (χ0v) is 15.9. The first kappa shape index (κ1) is 21.0. The maximum absolute atomic E-state index is 11.4. The van der Waals surface area contributed by atoms with Gasteiger partial charge in [-0.2, -0.15) is 0 Å². The molecule has 1 aliphatic heterocycles. The zero-order chi connectivity index (χ0) is 20.5. The minimum absolute atomic E-state index is 0.173. The van der Waals surface area contributed by atoms with E-state index in [9.17, 15) is 19.5 Å². The number of aliphatic hydroxyl groups excluding tert-OH is 1. The second-order valence-electron chi connectivity index (χ2n) is 6.33. The van der Waals surface area contributed by atoms with Gasteiger partial charge in [0.05, 0.1) is 12.4 Å². The molecule has 156 valence electrons. The fraction of sp³-hybridized carbons (Fsp3) is 0.643. The van der Waals surface area contributed by atoms with Gasteiger partial charge in [0.15, 0.2) is 17.7 Å². The summed E-state index contributed by atoms with van der Waals surface area (Å²) in [5.74, 6) is 0.179. The molecule has 3 heterocycles. The van der Waals surface area contributed by atoms with Crippen molar-refractivity contribution in [1.29, 1.82) is 0 Å². The van der Waals surface area contributed by atoms with Crippen molar-refractivity contribution in [3.8, 4) is 0 Å². The topological polar surface area (TPSA) is 201 Å². The van der Waals surface area contributed by atoms with E-state index >= 15 is 0 Å². The molecule has 0 saturated carbocycles. The Labute approximate surface area is 159 Å². The number of aliphatic hydroxyl groups is 1. The van der Waals surface area contributed by atoms with E-state index in [0.29, 0.717) is 17.6 Å². The summed E-state index contributed by atoms with van der Waals surface area (Å²) < 4.78 is 29.0. The van der Waals surface area contributed by atoms with E-state index in [1.54, 1.807) is 0 Å². The molecular formula is C14H23N6O7P. The Hall–Kier alpha value is -1.70. The Morgan fingerprint density at radius 1 is 1.39 bits per heavy atom. The van der Waals surface area contributed by atoms with Gasteiger partial charge < -0.3 is 35.8 Å². The monoisotopic (exact) mass is 418 g/mol. The normalized spacial score (nSPS) is 26.8. The molecule has 2 aromatic rings. The zero-order valence-electron chi connectivity index (χ0n) is 15.0. The number of nitrogens with zero attached hydrogens (tertiary/aromatic N) is 4. The van der Waals surface area contributed by atoms with Crippen LogP contribution in [0.5, 0.6) is 0 Å². The highest BCUT2D eigenvalue weighted by Gasteiger charge is 2.50. The molecule has 2 aromatic heterocycles. The molecule has 1 saturated heterocycles. The van der Waals surface area contributed by atoms with E-state index in [2.05, 4.69) is 15.0 Å². The largest absolute Gasteiger partial charge is 0.469 e. The van der Waals surface area contributed by atoms with Crippen molar-refractivity contribution in [3.05, 3.63) is 12.7 Å². The van der Waals surface area contributed by atoms with E-state index in [0.717, 1.165) is 0 Å². The van der Waals surface area contributed by atoms with Crippen LogP contribution in [0.1, 0.15) is 19.1 Å². The van der Waals surface area contributed by atoms with E-state index in [1.807, 2.05) is 0 Å². The molecule has 13 nitrogen and oxygen atoms in total. The molecule has 0 amide bonds. The van der Waals surface area contributed by atoms with Crippen molar-refractivity contribution in [2.45, 2.75) is 43.5 Å². The van der Waals surface area contributed by atoms with Crippen molar-refractivity contribution in [2.24, 2.45) is 5.73 Å². The summed E-state index contributed by atoms with van der Waals surface area (Å²) in [6.45, 7) is 0.281. The summed E-state index contributed by atoms with van der Waals surface area (Å²) in [5.41, 5.74) is 12.0. The molecule has 7 N–H and O–H groups in total. The van der Waals surface area contributed by atoms with Crippen molar-refractivity contribution < 1.29 is 33.5 Å². The van der Waals surface area contributed by atoms with Gasteiger partial charge in [-0.3, -0.25) is 9.09 Å². The van der Waals surface area contributed by atoms with Gasteiger partial charge in [-0.05, 0) is 19.4 Å². The molecule has 0 unspecified atom stereocenters. The van der Waals surface area contributed by atoms with Crippen molar-refractivity contribution in [2.75, 3.05) is 19.4 Å². The fourth-order valence-electron chi connectivity index (χ4n) is 3.29. The van der Waals surface area contributed by atoms with Crippen LogP contribution in [-0.2, 0) is 18.6 Å². The van der Waals surface area contributed by atoms with Crippen LogP contribution in [0.4, 0.5) is 5.82 Å². The number of phosphoric ester groups is 1. The molecule has 0 radical (unpaired) electrons. The smallest absolute Gasteiger partial charge is 0.387 e. The number of hydrogen-bond acceptors (Lipinski definition) is 10. The first-order valence-electron chi connectivity index (χ1n) is 8.50. The molecule has 3 rings (SSSR count). The summed E-state index contributed by atoms with van der Waals surface area (Å²) in [6.07, 6.45) is -1.90. The number of imidazole rings is 1. The van der Waals surface area contributed by atoms with Gasteiger partial charge in [-0.25, -0.2) is 19.5 Å². The second-order valence-corrected chi connectivity index (χ2v) is 7.52. The Morgan fingerprint density at radius 2 is 2.14 bits per heavy atom. The number of fused-ring (bicyclic) bond motifs is 1. The molecule has 5 atom stereocenters. The summed E-state index contributed by atoms with van der Waals surface area (Å²) in [6, 6.07) is 0. The van der Waals surface area contributed by atoms with Gasteiger partial charge in [0.25, 0.3) is 0 Å². The van der Waals surface area contributed by atoms with Crippen molar-refractivity contribution in [1.82, 2.24) is 19.5 Å². The minimum Gasteiger partial charge on any atom is -0.387 e. The predicted molar refractivity (Wildman–Crippen MR) is 95.7 cm³/mol. The van der Waals surface area contributed by atoms with Crippen LogP contribution in [0.2, 0.25) is 0 Å². The Balaban J connectivity index is 1.93. The Morgan fingerprint density at radius 3 is 2.79 bits per heavy atom. The lowest BCUT2D eigenvalue weighted by Gasteiger charge is -2.26. The highest BCUT2D eigenvalue weighted by atomic mass is 31.2. The summed E-state index contributed by atoms with van der Waals surface area (Å²) >= 11 is 0. The highest BCUT2D eigenvalue weighted by Crippen LogP contribution is 2.43. The van der Waals surface area contributed by atoms with Crippen molar-refractivity contribution in [3.63, 3.8) is 0 Å². The van der Waals surface area contributed by atoms with E-state index in [4.69, 9.17) is 25.5 Å².